The number of carbonyl (C=O) groups is 6. The summed E-state index contributed by atoms with van der Waals surface area (Å²) >= 11 is 0. The van der Waals surface area contributed by atoms with Crippen molar-refractivity contribution in [2.75, 3.05) is 38.2 Å². The van der Waals surface area contributed by atoms with E-state index in [-0.39, 0.29) is 62.2 Å². The summed E-state index contributed by atoms with van der Waals surface area (Å²) in [6.07, 6.45) is -0.586. The van der Waals surface area contributed by atoms with Gasteiger partial charge in [-0.25, -0.2) is 4.79 Å². The lowest BCUT2D eigenvalue weighted by atomic mass is 9.96. The van der Waals surface area contributed by atoms with Crippen LogP contribution in [0.3, 0.4) is 0 Å². The SMILES string of the molecule is CC(C)OCCNC(=O)CCCC(=O)Nc1ccc2c(c1)C(COC(=O)ON1C(=O)CCC1=O)c1cccc(C(=O)NCCOC(C)C)c1-2. The molecule has 0 bridgehead atoms. The van der Waals surface area contributed by atoms with Crippen molar-refractivity contribution in [2.24, 2.45) is 0 Å². The second-order valence-electron chi connectivity index (χ2n) is 12.2. The topological polar surface area (TPSA) is 179 Å². The molecule has 1 unspecified atom stereocenters. The van der Waals surface area contributed by atoms with Crippen molar-refractivity contribution >= 4 is 41.4 Å². The fraction of sp³-hybridized carbons (Fsp3) is 0.486. The fourth-order valence-electron chi connectivity index (χ4n) is 5.52. The monoisotopic (exact) mass is 680 g/mol. The first-order chi connectivity index (χ1) is 23.4. The predicted octanol–water partition coefficient (Wildman–Crippen LogP) is 3.82. The van der Waals surface area contributed by atoms with Crippen LogP contribution < -0.4 is 16.0 Å². The Hall–Kier alpha value is -4.82. The van der Waals surface area contributed by atoms with Crippen LogP contribution in [-0.4, -0.2) is 85.9 Å². The molecule has 2 aliphatic rings. The Bertz CT molecular complexity index is 1540. The molecule has 2 aromatic carbocycles. The second kappa shape index (κ2) is 17.5. The number of nitrogens with zero attached hydrogens (tertiary/aromatic N) is 1. The molecule has 1 aliphatic heterocycles. The van der Waals surface area contributed by atoms with Gasteiger partial charge in [0.05, 0.1) is 25.4 Å². The normalized spacial score (nSPS) is 14.9. The Kier molecular flexibility index (Phi) is 13.2. The van der Waals surface area contributed by atoms with Crippen LogP contribution in [0.5, 0.6) is 0 Å². The lowest BCUT2D eigenvalue weighted by Crippen LogP contribution is -2.32. The predicted molar refractivity (Wildman–Crippen MR) is 177 cm³/mol. The first-order valence-electron chi connectivity index (χ1n) is 16.5. The van der Waals surface area contributed by atoms with E-state index in [0.29, 0.717) is 71.3 Å². The summed E-state index contributed by atoms with van der Waals surface area (Å²) in [5.41, 5.74) is 3.63. The maximum atomic E-state index is 13.3. The maximum Gasteiger partial charge on any atom is 0.533 e. The van der Waals surface area contributed by atoms with Crippen molar-refractivity contribution in [3.63, 3.8) is 0 Å². The van der Waals surface area contributed by atoms with E-state index in [1.54, 1.807) is 30.3 Å². The number of hydrogen-bond acceptors (Lipinski definition) is 10. The first-order valence-corrected chi connectivity index (χ1v) is 16.5. The van der Waals surface area contributed by atoms with E-state index in [9.17, 15) is 28.8 Å². The summed E-state index contributed by atoms with van der Waals surface area (Å²) in [7, 11) is 0. The minimum absolute atomic E-state index is 0.0213. The van der Waals surface area contributed by atoms with Gasteiger partial charge in [-0.1, -0.05) is 23.3 Å². The summed E-state index contributed by atoms with van der Waals surface area (Å²) < 4.78 is 16.3. The van der Waals surface area contributed by atoms with Gasteiger partial charge < -0.3 is 30.2 Å². The molecule has 1 atom stereocenters. The quantitative estimate of drug-likeness (QED) is 0.126. The molecular formula is C35H44N4O10. The van der Waals surface area contributed by atoms with Crippen LogP contribution in [0.4, 0.5) is 10.5 Å². The Balaban J connectivity index is 1.46. The van der Waals surface area contributed by atoms with Gasteiger partial charge in [0.15, 0.2) is 0 Å². The van der Waals surface area contributed by atoms with Gasteiger partial charge in [-0.3, -0.25) is 28.8 Å². The van der Waals surface area contributed by atoms with Gasteiger partial charge in [0, 0.05) is 55.9 Å². The number of ether oxygens (including phenoxy) is 3. The molecule has 1 heterocycles. The van der Waals surface area contributed by atoms with Crippen molar-refractivity contribution in [1.82, 2.24) is 15.7 Å². The number of benzene rings is 2. The number of imide groups is 1. The van der Waals surface area contributed by atoms with Crippen LogP contribution in [0, 0.1) is 0 Å². The van der Waals surface area contributed by atoms with E-state index >= 15 is 0 Å². The van der Waals surface area contributed by atoms with Crippen LogP contribution in [0.1, 0.15) is 87.2 Å². The molecule has 264 valence electrons. The van der Waals surface area contributed by atoms with Gasteiger partial charge in [-0.05, 0) is 74.6 Å². The van der Waals surface area contributed by atoms with Gasteiger partial charge in [-0.2, -0.15) is 0 Å². The van der Waals surface area contributed by atoms with Gasteiger partial charge in [0.25, 0.3) is 17.7 Å². The lowest BCUT2D eigenvalue weighted by Gasteiger charge is -2.17. The van der Waals surface area contributed by atoms with Crippen molar-refractivity contribution in [2.45, 2.75) is 77.9 Å². The third-order valence-electron chi connectivity index (χ3n) is 7.76. The molecule has 49 heavy (non-hydrogen) atoms. The highest BCUT2D eigenvalue weighted by molar-refractivity contribution is 6.04. The van der Waals surface area contributed by atoms with Crippen molar-refractivity contribution in [3.05, 3.63) is 53.1 Å². The molecule has 0 aromatic heterocycles. The molecule has 0 radical (unpaired) electrons. The number of hydroxylamine groups is 2. The van der Waals surface area contributed by atoms with E-state index in [1.807, 2.05) is 33.8 Å². The Labute approximate surface area is 285 Å². The highest BCUT2D eigenvalue weighted by atomic mass is 16.8. The summed E-state index contributed by atoms with van der Waals surface area (Å²) in [6.45, 7) is 8.86. The molecular weight excluding hydrogens is 636 g/mol. The Morgan fingerprint density at radius 2 is 1.49 bits per heavy atom. The van der Waals surface area contributed by atoms with Crippen LogP contribution in [0.25, 0.3) is 11.1 Å². The largest absolute Gasteiger partial charge is 0.533 e. The first kappa shape index (κ1) is 37.0. The second-order valence-corrected chi connectivity index (χ2v) is 12.2. The van der Waals surface area contributed by atoms with Crippen molar-refractivity contribution < 1.29 is 47.8 Å². The minimum atomic E-state index is -1.22. The summed E-state index contributed by atoms with van der Waals surface area (Å²) in [5.74, 6) is -2.60. The standard InChI is InChI=1S/C35H44N4O10/c1-21(2)46-17-15-36-29(40)9-6-10-30(41)38-23-11-12-25-27(19-23)28(20-48-35(45)49-39-31(42)13-14-32(39)43)24-7-5-8-26(33(24)25)34(44)37-16-18-47-22(3)4/h5,7-8,11-12,19,21-22,28H,6,9-10,13-18,20H2,1-4H3,(H,36,40)(H,37,44)(H,38,41). The number of carbonyl (C=O) groups excluding carboxylic acids is 6. The molecule has 0 spiro atoms. The van der Waals surface area contributed by atoms with Crippen LogP contribution in [0.15, 0.2) is 36.4 Å². The third-order valence-corrected chi connectivity index (χ3v) is 7.76. The highest BCUT2D eigenvalue weighted by Crippen LogP contribution is 2.47. The number of rotatable bonds is 17. The highest BCUT2D eigenvalue weighted by Gasteiger charge is 2.36. The Morgan fingerprint density at radius 3 is 2.16 bits per heavy atom. The summed E-state index contributed by atoms with van der Waals surface area (Å²) in [4.78, 5) is 79.4. The van der Waals surface area contributed by atoms with E-state index in [0.717, 1.165) is 0 Å². The zero-order valence-corrected chi connectivity index (χ0v) is 28.3. The van der Waals surface area contributed by atoms with Crippen molar-refractivity contribution in [1.29, 1.82) is 0 Å². The van der Waals surface area contributed by atoms with Crippen molar-refractivity contribution in [3.8, 4) is 11.1 Å². The van der Waals surface area contributed by atoms with Gasteiger partial charge in [-0.15, -0.1) is 0 Å². The van der Waals surface area contributed by atoms with Gasteiger partial charge in [0.2, 0.25) is 11.8 Å². The van der Waals surface area contributed by atoms with Crippen LogP contribution >= 0.6 is 0 Å². The molecule has 0 saturated carbocycles. The van der Waals surface area contributed by atoms with E-state index in [2.05, 4.69) is 16.0 Å². The molecule has 2 aromatic rings. The lowest BCUT2D eigenvalue weighted by molar-refractivity contribution is -0.177. The smallest absolute Gasteiger partial charge is 0.432 e. The molecule has 4 rings (SSSR count). The van der Waals surface area contributed by atoms with E-state index in [1.165, 1.54) is 0 Å². The molecule has 5 amide bonds. The number of nitrogens with one attached hydrogen (secondary N) is 3. The van der Waals surface area contributed by atoms with E-state index in [4.69, 9.17) is 19.0 Å². The number of hydrogen-bond donors (Lipinski definition) is 3. The zero-order valence-electron chi connectivity index (χ0n) is 28.3. The van der Waals surface area contributed by atoms with E-state index < -0.39 is 23.9 Å². The number of anilines is 1. The molecule has 3 N–H and O–H groups in total. The number of amides is 5. The average Bonchev–Trinajstić information content (AvgIpc) is 3.54. The van der Waals surface area contributed by atoms with Gasteiger partial charge >= 0.3 is 6.16 Å². The molecule has 1 fully saturated rings. The van der Waals surface area contributed by atoms with Crippen LogP contribution in [0.2, 0.25) is 0 Å². The van der Waals surface area contributed by atoms with Crippen LogP contribution in [-0.2, 0) is 38.2 Å². The van der Waals surface area contributed by atoms with Gasteiger partial charge in [0.1, 0.15) is 6.61 Å². The third kappa shape index (κ3) is 10.3. The molecule has 14 heteroatoms. The maximum absolute atomic E-state index is 13.3. The average molecular weight is 681 g/mol. The molecule has 1 aliphatic carbocycles. The molecule has 1 saturated heterocycles. The number of fused-ring (bicyclic) bond motifs is 3. The molecule has 14 nitrogen and oxygen atoms in total. The summed E-state index contributed by atoms with van der Waals surface area (Å²) in [5, 5.41) is 8.92. The fourth-order valence-corrected chi connectivity index (χ4v) is 5.52. The minimum Gasteiger partial charge on any atom is -0.432 e. The summed E-state index contributed by atoms with van der Waals surface area (Å²) in [6, 6.07) is 10.5. The Morgan fingerprint density at radius 1 is 0.837 bits per heavy atom. The zero-order chi connectivity index (χ0) is 35.5.